The highest BCUT2D eigenvalue weighted by atomic mass is 32.2. The van der Waals surface area contributed by atoms with Crippen molar-refractivity contribution in [2.45, 2.75) is 30.7 Å². The minimum absolute atomic E-state index is 0.0118. The molecule has 2 heterocycles. The molecule has 0 unspecified atom stereocenters. The molecule has 1 N–H and O–H groups in total. The Morgan fingerprint density at radius 3 is 2.50 bits per heavy atom. The van der Waals surface area contributed by atoms with E-state index in [9.17, 15) is 13.2 Å². The lowest BCUT2D eigenvalue weighted by Gasteiger charge is -2.31. The Labute approximate surface area is 157 Å². The molecule has 0 aliphatic carbocycles. The minimum atomic E-state index is -3.53. The first kappa shape index (κ1) is 18.8. The van der Waals surface area contributed by atoms with Crippen molar-refractivity contribution in [3.05, 3.63) is 47.3 Å². The summed E-state index contributed by atoms with van der Waals surface area (Å²) >= 11 is 1.56. The molecule has 0 saturated carbocycles. The van der Waals surface area contributed by atoms with Crippen LogP contribution in [0.25, 0.3) is 11.3 Å². The first-order valence-corrected chi connectivity index (χ1v) is 10.7. The summed E-state index contributed by atoms with van der Waals surface area (Å²) in [4.78, 5) is 16.1. The number of carbonyl (C=O) groups excluding carboxylic acids is 1. The van der Waals surface area contributed by atoms with Crippen LogP contribution < -0.4 is 5.32 Å². The molecule has 3 rings (SSSR count). The molecule has 1 aliphatic heterocycles. The van der Waals surface area contributed by atoms with Gasteiger partial charge in [-0.3, -0.25) is 4.79 Å². The van der Waals surface area contributed by atoms with E-state index in [1.54, 1.807) is 35.6 Å². The molecule has 1 aliphatic rings. The fourth-order valence-electron chi connectivity index (χ4n) is 2.94. The first-order valence-electron chi connectivity index (χ1n) is 8.36. The molecule has 2 aromatic rings. The lowest BCUT2D eigenvalue weighted by molar-refractivity contribution is -0.117. The van der Waals surface area contributed by atoms with Crippen LogP contribution in [0.3, 0.4) is 0 Å². The van der Waals surface area contributed by atoms with E-state index in [2.05, 4.69) is 16.9 Å². The number of amides is 1. The topological polar surface area (TPSA) is 79.4 Å². The Balaban J connectivity index is 1.69. The Hall–Kier alpha value is -2.03. The first-order chi connectivity index (χ1) is 12.4. The third-order valence-corrected chi connectivity index (χ3v) is 7.08. The Morgan fingerprint density at radius 1 is 1.31 bits per heavy atom. The molecule has 0 radical (unpaired) electrons. The van der Waals surface area contributed by atoms with E-state index in [1.165, 1.54) is 10.4 Å². The molecule has 0 spiro atoms. The van der Waals surface area contributed by atoms with E-state index in [0.29, 0.717) is 25.9 Å². The number of hydrogen-bond acceptors (Lipinski definition) is 5. The largest absolute Gasteiger partial charge is 0.350 e. The van der Waals surface area contributed by atoms with Gasteiger partial charge in [0.15, 0.2) is 0 Å². The fraction of sp³-hybridized carbons (Fsp3) is 0.333. The summed E-state index contributed by atoms with van der Waals surface area (Å²) in [5, 5.41) is 5.76. The van der Waals surface area contributed by atoms with Gasteiger partial charge in [0.2, 0.25) is 15.9 Å². The lowest BCUT2D eigenvalue weighted by atomic mass is 10.1. The van der Waals surface area contributed by atoms with Gasteiger partial charge in [-0.25, -0.2) is 13.4 Å². The van der Waals surface area contributed by atoms with Crippen molar-refractivity contribution < 1.29 is 13.2 Å². The van der Waals surface area contributed by atoms with E-state index in [1.807, 2.05) is 12.3 Å². The molecule has 1 amide bonds. The van der Waals surface area contributed by atoms with E-state index < -0.39 is 10.0 Å². The second kappa shape index (κ2) is 7.69. The van der Waals surface area contributed by atoms with Gasteiger partial charge < -0.3 is 5.32 Å². The highest BCUT2D eigenvalue weighted by Crippen LogP contribution is 2.25. The van der Waals surface area contributed by atoms with E-state index >= 15 is 0 Å². The van der Waals surface area contributed by atoms with Gasteiger partial charge in [0.25, 0.3) is 0 Å². The molecule has 138 valence electrons. The average molecular weight is 392 g/mol. The molecule has 0 atom stereocenters. The zero-order chi connectivity index (χ0) is 18.7. The van der Waals surface area contributed by atoms with Crippen LogP contribution in [0.5, 0.6) is 0 Å². The predicted octanol–water partition coefficient (Wildman–Crippen LogP) is 2.57. The van der Waals surface area contributed by atoms with E-state index in [-0.39, 0.29) is 16.8 Å². The zero-order valence-electron chi connectivity index (χ0n) is 14.5. The van der Waals surface area contributed by atoms with Crippen LogP contribution in [0.4, 0.5) is 0 Å². The average Bonchev–Trinajstić information content (AvgIpc) is 3.08. The van der Waals surface area contributed by atoms with Crippen LogP contribution in [-0.4, -0.2) is 42.7 Å². The van der Waals surface area contributed by atoms with Crippen LogP contribution in [-0.2, 0) is 14.8 Å². The summed E-state index contributed by atoms with van der Waals surface area (Å²) in [5.41, 5.74) is 1.76. The number of sulfonamides is 1. The van der Waals surface area contributed by atoms with Crippen molar-refractivity contribution in [2.75, 3.05) is 13.1 Å². The van der Waals surface area contributed by atoms with Crippen LogP contribution in [0, 0.1) is 6.92 Å². The van der Waals surface area contributed by atoms with Crippen molar-refractivity contribution >= 4 is 27.3 Å². The molecule has 8 heteroatoms. The third kappa shape index (κ3) is 4.03. The maximum atomic E-state index is 12.8. The number of hydrogen-bond donors (Lipinski definition) is 1. The molecule has 1 saturated heterocycles. The normalized spacial score (nSPS) is 16.3. The highest BCUT2D eigenvalue weighted by Gasteiger charge is 2.29. The number of thiazole rings is 1. The highest BCUT2D eigenvalue weighted by molar-refractivity contribution is 7.89. The molecule has 1 fully saturated rings. The quantitative estimate of drug-likeness (QED) is 0.795. The van der Waals surface area contributed by atoms with Crippen molar-refractivity contribution in [3.8, 4) is 11.3 Å². The van der Waals surface area contributed by atoms with Gasteiger partial charge in [-0.1, -0.05) is 18.7 Å². The zero-order valence-corrected chi connectivity index (χ0v) is 16.1. The number of rotatable bonds is 5. The maximum absolute atomic E-state index is 12.8. The van der Waals surface area contributed by atoms with Crippen LogP contribution >= 0.6 is 11.3 Å². The third-order valence-electron chi connectivity index (χ3n) is 4.39. The van der Waals surface area contributed by atoms with Gasteiger partial charge in [0.05, 0.1) is 15.6 Å². The molecule has 6 nitrogen and oxygen atoms in total. The van der Waals surface area contributed by atoms with Gasteiger partial charge in [0, 0.05) is 30.1 Å². The molecular weight excluding hydrogens is 370 g/mol. The monoisotopic (exact) mass is 391 g/mol. The number of aromatic nitrogens is 1. The number of nitrogens with one attached hydrogen (secondary N) is 1. The lowest BCUT2D eigenvalue weighted by Crippen LogP contribution is -2.46. The van der Waals surface area contributed by atoms with E-state index in [4.69, 9.17) is 0 Å². The van der Waals surface area contributed by atoms with Crippen LogP contribution in [0.2, 0.25) is 0 Å². The molecule has 0 bridgehead atoms. The van der Waals surface area contributed by atoms with Gasteiger partial charge in [0.1, 0.15) is 0 Å². The number of benzene rings is 1. The van der Waals surface area contributed by atoms with Gasteiger partial charge in [-0.15, -0.1) is 11.3 Å². The summed E-state index contributed by atoms with van der Waals surface area (Å²) < 4.78 is 27.1. The Kier molecular flexibility index (Phi) is 5.55. The SMILES string of the molecule is C=CC(=O)NC1CCN(S(=O)(=O)c2ccc(-c3csc(C)n3)cc2)CC1. The molecule has 1 aromatic carbocycles. The van der Waals surface area contributed by atoms with Crippen molar-refractivity contribution in [3.63, 3.8) is 0 Å². The van der Waals surface area contributed by atoms with Crippen LogP contribution in [0.15, 0.2) is 47.2 Å². The Bertz CT molecular complexity index is 896. The second-order valence-corrected chi connectivity index (χ2v) is 9.17. The van der Waals surface area contributed by atoms with Crippen molar-refractivity contribution in [1.82, 2.24) is 14.6 Å². The summed E-state index contributed by atoms with van der Waals surface area (Å²) in [5.74, 6) is -0.223. The fourth-order valence-corrected chi connectivity index (χ4v) is 5.04. The number of aryl methyl sites for hydroxylation is 1. The number of piperidine rings is 1. The summed E-state index contributed by atoms with van der Waals surface area (Å²) in [6.07, 6.45) is 2.42. The summed E-state index contributed by atoms with van der Waals surface area (Å²) in [7, 11) is -3.53. The molecular formula is C18H21N3O3S2. The van der Waals surface area contributed by atoms with Gasteiger partial charge >= 0.3 is 0 Å². The number of nitrogens with zero attached hydrogens (tertiary/aromatic N) is 2. The summed E-state index contributed by atoms with van der Waals surface area (Å²) in [6.45, 7) is 6.14. The standard InChI is InChI=1S/C18H21N3O3S2/c1-3-18(22)20-15-8-10-21(11-9-15)26(23,24)16-6-4-14(5-7-16)17-12-25-13(2)19-17/h3-7,12,15H,1,8-11H2,2H3,(H,20,22). The second-order valence-electron chi connectivity index (χ2n) is 6.17. The van der Waals surface area contributed by atoms with Gasteiger partial charge in [-0.05, 0) is 38.0 Å². The van der Waals surface area contributed by atoms with Crippen LogP contribution in [0.1, 0.15) is 17.8 Å². The van der Waals surface area contributed by atoms with Crippen molar-refractivity contribution in [2.24, 2.45) is 0 Å². The molecule has 26 heavy (non-hydrogen) atoms. The van der Waals surface area contributed by atoms with Crippen molar-refractivity contribution in [1.29, 1.82) is 0 Å². The van der Waals surface area contributed by atoms with Gasteiger partial charge in [-0.2, -0.15) is 4.31 Å². The predicted molar refractivity (Wildman–Crippen MR) is 102 cm³/mol. The Morgan fingerprint density at radius 2 is 1.96 bits per heavy atom. The minimum Gasteiger partial charge on any atom is -0.350 e. The molecule has 1 aromatic heterocycles. The smallest absolute Gasteiger partial charge is 0.243 e. The van der Waals surface area contributed by atoms with E-state index in [0.717, 1.165) is 16.3 Å². The maximum Gasteiger partial charge on any atom is 0.243 e. The summed E-state index contributed by atoms with van der Waals surface area (Å²) in [6, 6.07) is 6.83. The number of carbonyl (C=O) groups is 1.